The van der Waals surface area contributed by atoms with Crippen LogP contribution in [-0.4, -0.2) is 53.0 Å². The van der Waals surface area contributed by atoms with E-state index in [1.807, 2.05) is 0 Å². The number of carbonyl (C=O) groups is 2. The van der Waals surface area contributed by atoms with Crippen LogP contribution in [0, 0.1) is 23.3 Å². The molecule has 0 radical (unpaired) electrons. The molecular weight excluding hydrogens is 1110 g/mol. The zero-order valence-corrected chi connectivity index (χ0v) is 42.7. The molecule has 0 aliphatic carbocycles. The van der Waals surface area contributed by atoms with Gasteiger partial charge in [0.25, 0.3) is 0 Å². The average Bonchev–Trinajstić information content (AvgIpc) is 4.06. The molecule has 8 aromatic rings. The molecule has 69 heavy (non-hydrogen) atoms. The van der Waals surface area contributed by atoms with Crippen LogP contribution >= 0.6 is 23.2 Å². The molecule has 0 saturated heterocycles. The fourth-order valence-electron chi connectivity index (χ4n) is 6.59. The molecule has 0 aliphatic rings. The summed E-state index contributed by atoms with van der Waals surface area (Å²) in [7, 11) is 0. The van der Waals surface area contributed by atoms with Crippen molar-refractivity contribution in [2.24, 2.45) is 0 Å². The first-order chi connectivity index (χ1) is 31.6. The maximum Gasteiger partial charge on any atom is 1.00 e. The molecule has 1 N–H and O–H groups in total. The minimum atomic E-state index is -5.10. The van der Waals surface area contributed by atoms with Gasteiger partial charge in [-0.3, -0.25) is 0 Å². The van der Waals surface area contributed by atoms with Crippen LogP contribution in [0.4, 0.5) is 43.9 Å². The third-order valence-electron chi connectivity index (χ3n) is 9.27. The summed E-state index contributed by atoms with van der Waals surface area (Å²) in [5.41, 5.74) is -8.88. The van der Waals surface area contributed by atoms with Crippen molar-refractivity contribution in [1.29, 1.82) is 0 Å². The second-order valence-corrected chi connectivity index (χ2v) is 14.8. The van der Waals surface area contributed by atoms with Crippen LogP contribution in [0.25, 0.3) is 56.5 Å². The van der Waals surface area contributed by atoms with Crippen molar-refractivity contribution in [2.45, 2.75) is 32.3 Å². The van der Waals surface area contributed by atoms with E-state index in [1.165, 1.54) is 62.4 Å². The Hall–Kier alpha value is -5.48. The van der Waals surface area contributed by atoms with Gasteiger partial charge in [0.05, 0.1) is 50.8 Å². The summed E-state index contributed by atoms with van der Waals surface area (Å²) in [6.45, 7) is 3.02. The number of halogens is 13. The van der Waals surface area contributed by atoms with Gasteiger partial charge in [0, 0.05) is 0 Å². The van der Waals surface area contributed by atoms with E-state index in [1.54, 1.807) is 0 Å². The minimum absolute atomic E-state index is 0. The van der Waals surface area contributed by atoms with Crippen molar-refractivity contribution in [3.8, 4) is 56.5 Å². The van der Waals surface area contributed by atoms with E-state index >= 15 is 0 Å². The van der Waals surface area contributed by atoms with E-state index in [2.05, 4.69) is 20.5 Å². The number of aromatic nitrogens is 6. The number of carbonyl (C=O) groups excluding carboxylic acids is 1. The smallest absolute Gasteiger partial charge is 1.00 e. The van der Waals surface area contributed by atoms with Gasteiger partial charge in [-0.1, -0.05) is 69.9 Å². The number of hydrogen-bond acceptors (Lipinski definition) is 9. The summed E-state index contributed by atoms with van der Waals surface area (Å²) in [6, 6.07) is 16.4. The van der Waals surface area contributed by atoms with Crippen molar-refractivity contribution in [3.63, 3.8) is 0 Å². The number of carboxylic acids is 1. The summed E-state index contributed by atoms with van der Waals surface area (Å²) < 4.78 is 158. The number of benzene rings is 4. The normalized spacial score (nSPS) is 11.4. The number of para-hydroxylation sites is 2. The minimum Gasteiger partial charge on any atom is -1.00 e. The molecule has 4 aromatic heterocycles. The second kappa shape index (κ2) is 21.7. The zero-order valence-electron chi connectivity index (χ0n) is 34.9. The van der Waals surface area contributed by atoms with Crippen molar-refractivity contribution >= 4 is 35.1 Å². The van der Waals surface area contributed by atoms with Gasteiger partial charge in [0.2, 0.25) is 0 Å². The van der Waals surface area contributed by atoms with Gasteiger partial charge in [-0.05, 0) is 62.4 Å². The van der Waals surface area contributed by atoms with Gasteiger partial charge in [-0.15, -0.1) is 0 Å². The molecule has 8 rings (SSSR count). The molecule has 0 spiro atoms. The monoisotopic (exact) mass is 1130 g/mol. The molecule has 4 aromatic carbocycles. The first-order valence-electron chi connectivity index (χ1n) is 18.7. The molecule has 0 fully saturated rings. The quantitative estimate of drug-likeness (QED) is 0.124. The molecule has 4 heterocycles. The Kier molecular flexibility index (Phi) is 17.1. The van der Waals surface area contributed by atoms with Crippen LogP contribution in [-0.2, 0) is 17.1 Å². The number of nitrogens with zero attached hydrogens (tertiary/aromatic N) is 6. The summed E-state index contributed by atoms with van der Waals surface area (Å²) in [6.07, 6.45) is -9.45. The Morgan fingerprint density at radius 1 is 0.623 bits per heavy atom. The van der Waals surface area contributed by atoms with Crippen LogP contribution in [0.3, 0.4) is 0 Å². The first-order valence-corrected chi connectivity index (χ1v) is 19.5. The summed E-state index contributed by atoms with van der Waals surface area (Å²) in [5, 5.41) is 23.7. The molecule has 354 valence electrons. The summed E-state index contributed by atoms with van der Waals surface area (Å²) in [4.78, 5) is 24.9. The van der Waals surface area contributed by atoms with Crippen LogP contribution in [0.1, 0.15) is 46.0 Å². The standard InChI is InChI=1S/C23H15ClF5N3O3.C20H9ClF5N3O3.Cs.FH/c1-11(2)34-22(33)18-19(17-13(24)6-5-8-15(17)26)31-35-20(18)12-10-30-32(21(12)23(27,28)29)16-9-4-3-7-14(16)25;21-10-4-3-6-12(23)14(10)16-15(19(30)31)17(32-28-16)9-8-27-29(18(9)20(24,25)26)13-7-2-1-5-11(13)22;;/h3-11H,1-2H3;1-8H,(H,30,31);;1H/q;;+1;/p-1. The number of ether oxygens (including phenoxy) is 1. The Bertz CT molecular complexity index is 3150. The number of hydrogen-bond donors (Lipinski definition) is 1. The van der Waals surface area contributed by atoms with Crippen molar-refractivity contribution < 1.29 is 146 Å². The number of aromatic carboxylic acids is 1. The van der Waals surface area contributed by atoms with Crippen LogP contribution in [0.2, 0.25) is 10.0 Å². The van der Waals surface area contributed by atoms with Gasteiger partial charge in [0.15, 0.2) is 22.9 Å². The predicted octanol–water partition coefficient (Wildman–Crippen LogP) is 6.56. The topological polar surface area (TPSA) is 151 Å². The SMILES string of the molecule is CC(C)OC(=O)c1c(-c2c(F)cccc2Cl)noc1-c1cnn(-c2ccccc2F)c1C(F)(F)F.O=C(O)c1c(-c2c(F)cccc2Cl)noc1-c1cnn(-c2ccccc2F)c1C(F)(F)F.[Cs+].[F-]. The Labute approximate surface area is 448 Å². The van der Waals surface area contributed by atoms with Crippen LogP contribution < -0.4 is 73.6 Å². The fourth-order valence-corrected chi connectivity index (χ4v) is 7.09. The van der Waals surface area contributed by atoms with Gasteiger partial charge in [0.1, 0.15) is 57.2 Å². The van der Waals surface area contributed by atoms with Crippen molar-refractivity contribution in [2.75, 3.05) is 0 Å². The third-order valence-corrected chi connectivity index (χ3v) is 9.90. The van der Waals surface area contributed by atoms with E-state index in [-0.39, 0.29) is 93.9 Å². The fraction of sp³-hybridized carbons (Fsp3) is 0.116. The second-order valence-electron chi connectivity index (χ2n) is 14.0. The van der Waals surface area contributed by atoms with E-state index < -0.39 is 127 Å². The van der Waals surface area contributed by atoms with E-state index in [0.717, 1.165) is 42.6 Å². The molecule has 0 amide bonds. The Balaban J connectivity index is 0.000000251. The molecule has 0 atom stereocenters. The largest absolute Gasteiger partial charge is 1.00 e. The number of esters is 1. The molecule has 12 nitrogen and oxygen atoms in total. The first kappa shape index (κ1) is 54.5. The predicted molar refractivity (Wildman–Crippen MR) is 216 cm³/mol. The van der Waals surface area contributed by atoms with Gasteiger partial charge < -0.3 is 23.6 Å². The van der Waals surface area contributed by atoms with E-state index in [9.17, 15) is 58.6 Å². The third kappa shape index (κ3) is 11.0. The van der Waals surface area contributed by atoms with Crippen molar-refractivity contribution in [3.05, 3.63) is 153 Å². The molecular formula is C43H24Cl2CsF11N6O6. The maximum absolute atomic E-state index is 14.6. The van der Waals surface area contributed by atoms with Crippen LogP contribution in [0.5, 0.6) is 0 Å². The zero-order chi connectivity index (χ0) is 48.7. The Morgan fingerprint density at radius 3 is 1.36 bits per heavy atom. The molecule has 0 aliphatic heterocycles. The summed E-state index contributed by atoms with van der Waals surface area (Å²) in [5.74, 6) is -8.24. The molecule has 0 bridgehead atoms. The van der Waals surface area contributed by atoms with Gasteiger partial charge in [-0.25, -0.2) is 36.5 Å². The van der Waals surface area contributed by atoms with E-state index in [4.69, 9.17) is 37.0 Å². The van der Waals surface area contributed by atoms with Crippen molar-refractivity contribution in [1.82, 2.24) is 29.9 Å². The maximum atomic E-state index is 14.6. The summed E-state index contributed by atoms with van der Waals surface area (Å²) >= 11 is 12.0. The van der Waals surface area contributed by atoms with Gasteiger partial charge in [-0.2, -0.15) is 36.5 Å². The number of carboxylic acid groups (broad SMARTS) is 1. The van der Waals surface area contributed by atoms with Gasteiger partial charge >= 0.3 is 93.2 Å². The average molecular weight is 1130 g/mol. The van der Waals surface area contributed by atoms with Crippen LogP contribution in [0.15, 0.2) is 106 Å². The molecule has 26 heteroatoms. The van der Waals surface area contributed by atoms with E-state index in [0.29, 0.717) is 10.9 Å². The molecule has 0 saturated carbocycles. The number of rotatable bonds is 9. The Morgan fingerprint density at radius 2 is 1.00 bits per heavy atom. The molecule has 0 unspecified atom stereocenters. The number of alkyl halides is 6.